The number of likely N-dealkylation sites (tertiary alicyclic amines) is 1. The number of piperidine rings is 1. The summed E-state index contributed by atoms with van der Waals surface area (Å²) in [6.07, 6.45) is 1.67. The summed E-state index contributed by atoms with van der Waals surface area (Å²) in [7, 11) is 4.07. The third-order valence-electron chi connectivity index (χ3n) is 5.35. The molecule has 3 rings (SSSR count). The van der Waals surface area contributed by atoms with Gasteiger partial charge in [0.2, 0.25) is 0 Å². The summed E-state index contributed by atoms with van der Waals surface area (Å²) in [5.74, 6) is 1.52. The van der Waals surface area contributed by atoms with Crippen LogP contribution in [0.25, 0.3) is 0 Å². The van der Waals surface area contributed by atoms with E-state index in [0.717, 1.165) is 43.8 Å². The zero-order chi connectivity index (χ0) is 21.6. The molecule has 1 aliphatic rings. The second-order valence-electron chi connectivity index (χ2n) is 8.56. The van der Waals surface area contributed by atoms with Gasteiger partial charge in [-0.05, 0) is 75.8 Å². The topological polar surface area (TPSA) is 45.2 Å². The van der Waals surface area contributed by atoms with Gasteiger partial charge in [0, 0.05) is 19.6 Å². The quantitative estimate of drug-likeness (QED) is 0.649. The van der Waals surface area contributed by atoms with Crippen LogP contribution in [0.2, 0.25) is 5.02 Å². The number of hydrogen-bond acceptors (Lipinski definition) is 5. The van der Waals surface area contributed by atoms with Crippen LogP contribution in [0.3, 0.4) is 0 Å². The highest BCUT2D eigenvalue weighted by Gasteiger charge is 2.34. The van der Waals surface area contributed by atoms with Crippen molar-refractivity contribution in [1.29, 1.82) is 0 Å². The summed E-state index contributed by atoms with van der Waals surface area (Å²) in [5, 5.41) is 11.7. The molecule has 30 heavy (non-hydrogen) atoms. The normalized spacial score (nSPS) is 19.8. The molecule has 0 radical (unpaired) electrons. The van der Waals surface area contributed by atoms with Crippen LogP contribution in [0, 0.1) is 6.92 Å². The van der Waals surface area contributed by atoms with Crippen LogP contribution in [0.15, 0.2) is 42.5 Å². The van der Waals surface area contributed by atoms with E-state index in [1.165, 1.54) is 5.56 Å². The van der Waals surface area contributed by atoms with E-state index >= 15 is 0 Å². The maximum Gasteiger partial charge on any atom is 0.138 e. The van der Waals surface area contributed by atoms with Crippen LogP contribution in [-0.4, -0.2) is 67.5 Å². The van der Waals surface area contributed by atoms with Crippen molar-refractivity contribution < 1.29 is 14.6 Å². The van der Waals surface area contributed by atoms with E-state index in [9.17, 15) is 5.11 Å². The van der Waals surface area contributed by atoms with E-state index in [-0.39, 0.29) is 6.61 Å². The predicted octanol–water partition coefficient (Wildman–Crippen LogP) is 3.99. The molecule has 0 amide bonds. The maximum atomic E-state index is 11.1. The molecule has 1 atom stereocenters. The third-order valence-corrected chi connectivity index (χ3v) is 5.67. The van der Waals surface area contributed by atoms with Crippen molar-refractivity contribution in [3.63, 3.8) is 0 Å². The van der Waals surface area contributed by atoms with E-state index in [0.29, 0.717) is 23.9 Å². The van der Waals surface area contributed by atoms with Gasteiger partial charge < -0.3 is 19.5 Å². The first-order valence-electron chi connectivity index (χ1n) is 10.5. The molecule has 1 fully saturated rings. The largest absolute Gasteiger partial charge is 0.492 e. The zero-order valence-electron chi connectivity index (χ0n) is 18.2. The molecule has 1 saturated heterocycles. The number of ether oxygens (including phenoxy) is 2. The molecule has 0 bridgehead atoms. The molecule has 0 spiro atoms. The average molecular weight is 433 g/mol. The molecule has 1 unspecified atom stereocenters. The van der Waals surface area contributed by atoms with Gasteiger partial charge in [-0.3, -0.25) is 4.90 Å². The van der Waals surface area contributed by atoms with Gasteiger partial charge in [-0.1, -0.05) is 29.8 Å². The Morgan fingerprint density at radius 2 is 1.90 bits per heavy atom. The van der Waals surface area contributed by atoms with Crippen LogP contribution in [0.1, 0.15) is 24.0 Å². The van der Waals surface area contributed by atoms with Crippen LogP contribution < -0.4 is 9.47 Å². The first-order valence-corrected chi connectivity index (χ1v) is 10.9. The Hall–Kier alpha value is -1.79. The highest BCUT2D eigenvalue weighted by molar-refractivity contribution is 6.32. The van der Waals surface area contributed by atoms with Crippen LogP contribution >= 0.6 is 11.6 Å². The minimum Gasteiger partial charge on any atom is -0.492 e. The number of benzene rings is 2. The monoisotopic (exact) mass is 432 g/mol. The summed E-state index contributed by atoms with van der Waals surface area (Å²) in [4.78, 5) is 4.38. The van der Waals surface area contributed by atoms with Crippen molar-refractivity contribution in [1.82, 2.24) is 9.80 Å². The highest BCUT2D eigenvalue weighted by Crippen LogP contribution is 2.29. The van der Waals surface area contributed by atoms with Crippen molar-refractivity contribution >= 4 is 11.6 Å². The molecule has 2 aromatic carbocycles. The Kier molecular flexibility index (Phi) is 8.00. The fourth-order valence-electron chi connectivity index (χ4n) is 3.69. The molecule has 1 N–H and O–H groups in total. The van der Waals surface area contributed by atoms with Gasteiger partial charge >= 0.3 is 0 Å². The van der Waals surface area contributed by atoms with Gasteiger partial charge in [0.15, 0.2) is 0 Å². The average Bonchev–Trinajstić information content (AvgIpc) is 2.70. The lowest BCUT2D eigenvalue weighted by Crippen LogP contribution is -2.51. The first kappa shape index (κ1) is 22.9. The molecular weight excluding hydrogens is 400 g/mol. The Morgan fingerprint density at radius 3 is 2.63 bits per heavy atom. The van der Waals surface area contributed by atoms with Crippen LogP contribution in [0.4, 0.5) is 0 Å². The van der Waals surface area contributed by atoms with E-state index in [2.05, 4.69) is 21.9 Å². The number of β-amino-alcohol motifs (C(OH)–C–C–N with tert-alkyl or cyclic N) is 1. The molecule has 1 heterocycles. The van der Waals surface area contributed by atoms with Gasteiger partial charge in [-0.2, -0.15) is 0 Å². The van der Waals surface area contributed by atoms with Crippen molar-refractivity contribution in [3.05, 3.63) is 58.6 Å². The summed E-state index contributed by atoms with van der Waals surface area (Å²) >= 11 is 6.23. The van der Waals surface area contributed by atoms with Gasteiger partial charge in [0.05, 0.1) is 5.02 Å². The Bertz CT molecular complexity index is 813. The lowest BCUT2D eigenvalue weighted by Gasteiger charge is -2.39. The Balaban J connectivity index is 1.52. The highest BCUT2D eigenvalue weighted by atomic mass is 35.5. The summed E-state index contributed by atoms with van der Waals surface area (Å²) in [6.45, 7) is 6.15. The number of halogens is 1. The Morgan fingerprint density at radius 1 is 1.13 bits per heavy atom. The number of rotatable bonds is 9. The van der Waals surface area contributed by atoms with E-state index in [1.807, 2.05) is 51.4 Å². The minimum absolute atomic E-state index is 0.241. The van der Waals surface area contributed by atoms with E-state index in [1.54, 1.807) is 0 Å². The van der Waals surface area contributed by atoms with Crippen molar-refractivity contribution in [2.24, 2.45) is 0 Å². The second-order valence-corrected chi connectivity index (χ2v) is 8.96. The second kappa shape index (κ2) is 10.5. The zero-order valence-corrected chi connectivity index (χ0v) is 19.0. The van der Waals surface area contributed by atoms with Crippen molar-refractivity contribution in [2.45, 2.75) is 31.9 Å². The molecular formula is C24H33ClN2O3. The Labute approximate surface area is 185 Å². The molecule has 0 aromatic heterocycles. The number of nitrogens with zero attached hydrogens (tertiary/aromatic N) is 2. The first-order chi connectivity index (χ1) is 14.3. The smallest absolute Gasteiger partial charge is 0.138 e. The summed E-state index contributed by atoms with van der Waals surface area (Å²) < 4.78 is 11.7. The minimum atomic E-state index is -0.874. The standard InChI is InChI=1S/C24H33ClN2O3/c1-19-5-10-22(25)23(15-19)30-18-24(28)11-4-12-27(17-24)16-20-6-8-21(9-7-20)29-14-13-26(2)3/h5-10,15,28H,4,11-14,16-18H2,1-3H3. The molecule has 164 valence electrons. The summed E-state index contributed by atoms with van der Waals surface area (Å²) in [6, 6.07) is 13.9. The van der Waals surface area contributed by atoms with E-state index < -0.39 is 5.60 Å². The van der Waals surface area contributed by atoms with Gasteiger partial charge in [0.1, 0.15) is 30.3 Å². The SMILES string of the molecule is Cc1ccc(Cl)c(OCC2(O)CCCN(Cc3ccc(OCCN(C)C)cc3)C2)c1. The molecule has 2 aromatic rings. The number of likely N-dealkylation sites (N-methyl/N-ethyl adjacent to an activating group) is 1. The van der Waals surface area contributed by atoms with Gasteiger partial charge in [-0.15, -0.1) is 0 Å². The maximum absolute atomic E-state index is 11.1. The lowest BCUT2D eigenvalue weighted by atomic mass is 9.93. The number of aliphatic hydroxyl groups is 1. The number of hydrogen-bond donors (Lipinski definition) is 1. The van der Waals surface area contributed by atoms with Gasteiger partial charge in [0.25, 0.3) is 0 Å². The molecule has 0 aliphatic carbocycles. The third kappa shape index (κ3) is 6.88. The predicted molar refractivity (Wildman–Crippen MR) is 122 cm³/mol. The van der Waals surface area contributed by atoms with Crippen molar-refractivity contribution in [2.75, 3.05) is 46.9 Å². The summed E-state index contributed by atoms with van der Waals surface area (Å²) in [5.41, 5.74) is 1.42. The molecule has 1 aliphatic heterocycles. The van der Waals surface area contributed by atoms with Crippen LogP contribution in [-0.2, 0) is 6.54 Å². The molecule has 0 saturated carbocycles. The lowest BCUT2D eigenvalue weighted by molar-refractivity contribution is -0.0620. The molecule has 6 heteroatoms. The fourth-order valence-corrected chi connectivity index (χ4v) is 3.86. The van der Waals surface area contributed by atoms with Gasteiger partial charge in [-0.25, -0.2) is 0 Å². The molecule has 5 nitrogen and oxygen atoms in total. The van der Waals surface area contributed by atoms with Crippen LogP contribution in [0.5, 0.6) is 11.5 Å². The fraction of sp³-hybridized carbons (Fsp3) is 0.500. The number of aryl methyl sites for hydroxylation is 1. The van der Waals surface area contributed by atoms with Crippen molar-refractivity contribution in [3.8, 4) is 11.5 Å². The van der Waals surface area contributed by atoms with E-state index in [4.69, 9.17) is 21.1 Å².